The van der Waals surface area contributed by atoms with Crippen molar-refractivity contribution in [2.75, 3.05) is 0 Å². The molecule has 0 atom stereocenters. The summed E-state index contributed by atoms with van der Waals surface area (Å²) in [5.41, 5.74) is 0.657. The lowest BCUT2D eigenvalue weighted by Crippen LogP contribution is -2.26. The van der Waals surface area contributed by atoms with Gasteiger partial charge in [-0.15, -0.1) is 0 Å². The van der Waals surface area contributed by atoms with E-state index in [2.05, 4.69) is 68.8 Å². The standard InChI is InChI=1S/C16H25N3S/c1-9-11-17-13-12(10-2)18(15(3,4)5)14(20)19(13)16(6,7)8/h9-11H,1-2H2,3-8H3. The van der Waals surface area contributed by atoms with E-state index in [0.717, 1.165) is 16.3 Å². The van der Waals surface area contributed by atoms with Crippen molar-refractivity contribution >= 4 is 30.3 Å². The van der Waals surface area contributed by atoms with E-state index < -0.39 is 0 Å². The number of rotatable bonds is 3. The van der Waals surface area contributed by atoms with Gasteiger partial charge in [-0.1, -0.05) is 19.2 Å². The van der Waals surface area contributed by atoms with Gasteiger partial charge in [0, 0.05) is 17.3 Å². The van der Waals surface area contributed by atoms with E-state index in [1.807, 2.05) is 6.08 Å². The first-order valence-corrected chi connectivity index (χ1v) is 7.12. The molecular weight excluding hydrogens is 266 g/mol. The van der Waals surface area contributed by atoms with E-state index in [1.54, 1.807) is 12.3 Å². The number of imidazole rings is 1. The first-order chi connectivity index (χ1) is 9.05. The number of allylic oxidation sites excluding steroid dienone is 1. The van der Waals surface area contributed by atoms with Crippen molar-refractivity contribution < 1.29 is 0 Å². The summed E-state index contributed by atoms with van der Waals surface area (Å²) in [6, 6.07) is 0. The highest BCUT2D eigenvalue weighted by Crippen LogP contribution is 2.34. The van der Waals surface area contributed by atoms with Gasteiger partial charge in [0.25, 0.3) is 0 Å². The first kappa shape index (κ1) is 16.6. The third kappa shape index (κ3) is 3.01. The molecule has 1 aromatic rings. The first-order valence-electron chi connectivity index (χ1n) is 6.72. The van der Waals surface area contributed by atoms with Crippen LogP contribution in [0.1, 0.15) is 47.2 Å². The van der Waals surface area contributed by atoms with Gasteiger partial charge in [0.15, 0.2) is 10.6 Å². The van der Waals surface area contributed by atoms with E-state index in [9.17, 15) is 0 Å². The molecule has 0 spiro atoms. The van der Waals surface area contributed by atoms with Crippen molar-refractivity contribution in [1.82, 2.24) is 9.13 Å². The molecule has 3 nitrogen and oxygen atoms in total. The molecule has 1 aromatic heterocycles. The van der Waals surface area contributed by atoms with Crippen molar-refractivity contribution in [3.63, 3.8) is 0 Å². The van der Waals surface area contributed by atoms with Crippen LogP contribution in [0.3, 0.4) is 0 Å². The van der Waals surface area contributed by atoms with Crippen molar-refractivity contribution in [1.29, 1.82) is 0 Å². The maximum absolute atomic E-state index is 5.69. The molecule has 0 saturated carbocycles. The van der Waals surface area contributed by atoms with Gasteiger partial charge >= 0.3 is 0 Å². The van der Waals surface area contributed by atoms with Crippen LogP contribution in [0.2, 0.25) is 0 Å². The van der Waals surface area contributed by atoms with Gasteiger partial charge in [-0.3, -0.25) is 4.57 Å². The SMILES string of the molecule is C=CC=Nc1c(C=C)n(C(C)(C)C)c(=S)n1C(C)(C)C. The Kier molecular flexibility index (Phi) is 4.59. The highest BCUT2D eigenvalue weighted by atomic mass is 32.1. The molecule has 0 fully saturated rings. The minimum Gasteiger partial charge on any atom is -0.310 e. The topological polar surface area (TPSA) is 22.2 Å². The van der Waals surface area contributed by atoms with Crippen molar-refractivity contribution in [2.24, 2.45) is 4.99 Å². The van der Waals surface area contributed by atoms with Crippen molar-refractivity contribution in [3.05, 3.63) is 29.7 Å². The molecule has 0 saturated heterocycles. The highest BCUT2D eigenvalue weighted by molar-refractivity contribution is 7.71. The average molecular weight is 291 g/mol. The van der Waals surface area contributed by atoms with Crippen LogP contribution in [0.4, 0.5) is 5.82 Å². The monoisotopic (exact) mass is 291 g/mol. The van der Waals surface area contributed by atoms with Crippen LogP contribution < -0.4 is 0 Å². The molecule has 4 heteroatoms. The summed E-state index contributed by atoms with van der Waals surface area (Å²) < 4.78 is 4.94. The molecule has 1 rings (SSSR count). The second-order valence-corrected chi connectivity index (χ2v) is 7.09. The Hall–Kier alpha value is -1.42. The fourth-order valence-corrected chi connectivity index (χ4v) is 2.92. The maximum Gasteiger partial charge on any atom is 0.182 e. The normalized spacial score (nSPS) is 12.9. The second kappa shape index (κ2) is 5.52. The molecule has 0 bridgehead atoms. The zero-order valence-electron chi connectivity index (χ0n) is 13.4. The van der Waals surface area contributed by atoms with Gasteiger partial charge in [0.1, 0.15) is 0 Å². The molecule has 0 amide bonds. The number of hydrogen-bond acceptors (Lipinski definition) is 2. The van der Waals surface area contributed by atoms with Gasteiger partial charge < -0.3 is 4.57 Å². The van der Waals surface area contributed by atoms with E-state index in [4.69, 9.17) is 12.2 Å². The third-order valence-electron chi connectivity index (χ3n) is 2.90. The fourth-order valence-electron chi connectivity index (χ4n) is 2.19. The lowest BCUT2D eigenvalue weighted by atomic mass is 10.1. The summed E-state index contributed by atoms with van der Waals surface area (Å²) >= 11 is 5.69. The van der Waals surface area contributed by atoms with E-state index in [0.29, 0.717) is 0 Å². The molecule has 0 N–H and O–H groups in total. The molecule has 0 unspecified atom stereocenters. The summed E-state index contributed by atoms with van der Waals surface area (Å²) in [4.78, 5) is 4.52. The second-order valence-electron chi connectivity index (χ2n) is 6.72. The Morgan fingerprint density at radius 2 is 1.50 bits per heavy atom. The smallest absolute Gasteiger partial charge is 0.182 e. The van der Waals surface area contributed by atoms with Gasteiger partial charge in [-0.2, -0.15) is 0 Å². The highest BCUT2D eigenvalue weighted by Gasteiger charge is 2.28. The van der Waals surface area contributed by atoms with Gasteiger partial charge in [0.2, 0.25) is 0 Å². The van der Waals surface area contributed by atoms with Gasteiger partial charge in [-0.05, 0) is 59.8 Å². The van der Waals surface area contributed by atoms with Crippen LogP contribution >= 0.6 is 12.2 Å². The third-order valence-corrected chi connectivity index (χ3v) is 3.27. The largest absolute Gasteiger partial charge is 0.310 e. The van der Waals surface area contributed by atoms with Crippen LogP contribution in [0, 0.1) is 4.77 Å². The lowest BCUT2D eigenvalue weighted by Gasteiger charge is -2.24. The molecule has 0 aliphatic carbocycles. The molecule has 0 radical (unpaired) electrons. The van der Waals surface area contributed by atoms with Crippen molar-refractivity contribution in [3.8, 4) is 0 Å². The number of aliphatic imine (C=N–C) groups is 1. The molecule has 0 aromatic carbocycles. The van der Waals surface area contributed by atoms with E-state index in [1.165, 1.54) is 0 Å². The summed E-state index contributed by atoms with van der Waals surface area (Å²) in [6.07, 6.45) is 5.17. The molecular formula is C16H25N3S. The number of hydrogen-bond donors (Lipinski definition) is 0. The minimum atomic E-state index is -0.154. The predicted molar refractivity (Wildman–Crippen MR) is 91.7 cm³/mol. The summed E-state index contributed by atoms with van der Waals surface area (Å²) in [7, 11) is 0. The number of aromatic nitrogens is 2. The summed E-state index contributed by atoms with van der Waals surface area (Å²) in [5, 5.41) is 0. The van der Waals surface area contributed by atoms with Crippen LogP contribution in [-0.2, 0) is 11.1 Å². The Morgan fingerprint density at radius 3 is 1.85 bits per heavy atom. The number of nitrogens with zero attached hydrogens (tertiary/aromatic N) is 3. The zero-order chi connectivity index (χ0) is 15.7. The van der Waals surface area contributed by atoms with Gasteiger partial charge in [-0.25, -0.2) is 4.99 Å². The van der Waals surface area contributed by atoms with Crippen molar-refractivity contribution in [2.45, 2.75) is 52.6 Å². The molecule has 0 aliphatic rings. The fraction of sp³-hybridized carbons (Fsp3) is 0.500. The average Bonchev–Trinajstić information content (AvgIpc) is 2.57. The van der Waals surface area contributed by atoms with Crippen LogP contribution in [0.5, 0.6) is 0 Å². The molecule has 20 heavy (non-hydrogen) atoms. The molecule has 0 aliphatic heterocycles. The minimum absolute atomic E-state index is 0.129. The van der Waals surface area contributed by atoms with Crippen LogP contribution in [0.25, 0.3) is 6.08 Å². The Balaban J connectivity index is 3.89. The van der Waals surface area contributed by atoms with Gasteiger partial charge in [0.05, 0.1) is 5.69 Å². The Labute approximate surface area is 127 Å². The van der Waals surface area contributed by atoms with Crippen LogP contribution in [0.15, 0.2) is 24.2 Å². The maximum atomic E-state index is 5.69. The summed E-state index contributed by atoms with van der Waals surface area (Å²) in [5.74, 6) is 0.826. The molecule has 110 valence electrons. The quantitative estimate of drug-likeness (QED) is 0.563. The Morgan fingerprint density at radius 1 is 1.00 bits per heavy atom. The predicted octanol–water partition coefficient (Wildman–Crippen LogP) is 5.06. The van der Waals surface area contributed by atoms with E-state index in [-0.39, 0.29) is 11.1 Å². The Bertz CT molecular complexity index is 601. The zero-order valence-corrected chi connectivity index (χ0v) is 14.2. The van der Waals surface area contributed by atoms with Crippen LogP contribution in [-0.4, -0.2) is 15.3 Å². The lowest BCUT2D eigenvalue weighted by molar-refractivity contribution is 0.353. The van der Waals surface area contributed by atoms with E-state index >= 15 is 0 Å². The molecule has 1 heterocycles. The summed E-state index contributed by atoms with van der Waals surface area (Å²) in [6.45, 7) is 20.4.